The molecule has 0 radical (unpaired) electrons. The van der Waals surface area contributed by atoms with E-state index in [9.17, 15) is 4.79 Å². The summed E-state index contributed by atoms with van der Waals surface area (Å²) in [4.78, 5) is 18.7. The van der Waals surface area contributed by atoms with E-state index in [0.29, 0.717) is 23.1 Å². The van der Waals surface area contributed by atoms with Crippen LogP contribution in [-0.2, 0) is 4.84 Å². The third-order valence-electron chi connectivity index (χ3n) is 3.54. The lowest BCUT2D eigenvalue weighted by Gasteiger charge is -2.28. The van der Waals surface area contributed by atoms with Crippen LogP contribution in [0.1, 0.15) is 25.3 Å². The monoisotopic (exact) mass is 367 g/mol. The Bertz CT molecular complexity index is 685. The predicted molar refractivity (Wildman–Crippen MR) is 96.6 cm³/mol. The van der Waals surface area contributed by atoms with Crippen molar-refractivity contribution in [3.8, 4) is 11.8 Å². The van der Waals surface area contributed by atoms with Crippen LogP contribution in [0.3, 0.4) is 0 Å². The van der Waals surface area contributed by atoms with Crippen LogP contribution in [0, 0.1) is 11.8 Å². The molecule has 2 amide bonds. The minimum atomic E-state index is -0.277. The van der Waals surface area contributed by atoms with E-state index in [1.807, 2.05) is 6.92 Å². The third-order valence-corrected chi connectivity index (χ3v) is 4.28. The minimum absolute atomic E-state index is 0.123. The average Bonchev–Trinajstić information content (AvgIpc) is 2.57. The molecule has 5 nitrogen and oxygen atoms in total. The van der Waals surface area contributed by atoms with Gasteiger partial charge >= 0.3 is 6.03 Å². The summed E-state index contributed by atoms with van der Waals surface area (Å²) in [6.45, 7) is 3.09. The fourth-order valence-electron chi connectivity index (χ4n) is 2.27. The molecule has 1 aromatic rings. The molecular formula is C17H19Cl2N3O2. The van der Waals surface area contributed by atoms with Crippen molar-refractivity contribution in [3.63, 3.8) is 0 Å². The number of hydrogen-bond donors (Lipinski definition) is 1. The van der Waals surface area contributed by atoms with Gasteiger partial charge in [-0.2, -0.15) is 0 Å². The Balaban J connectivity index is 1.87. The van der Waals surface area contributed by atoms with Gasteiger partial charge in [-0.1, -0.05) is 40.2 Å². The van der Waals surface area contributed by atoms with E-state index < -0.39 is 0 Å². The number of amides is 2. The molecule has 1 saturated heterocycles. The molecule has 128 valence electrons. The van der Waals surface area contributed by atoms with Crippen LogP contribution < -0.4 is 5.32 Å². The van der Waals surface area contributed by atoms with Crippen LogP contribution in [0.4, 0.5) is 4.79 Å². The van der Waals surface area contributed by atoms with Crippen molar-refractivity contribution in [1.82, 2.24) is 10.2 Å². The predicted octanol–water partition coefficient (Wildman–Crippen LogP) is 3.54. The normalized spacial score (nSPS) is 15.2. The first-order valence-corrected chi connectivity index (χ1v) is 8.36. The van der Waals surface area contributed by atoms with Gasteiger partial charge in [-0.15, -0.1) is 0 Å². The van der Waals surface area contributed by atoms with Gasteiger partial charge in [0.1, 0.15) is 7.11 Å². The Morgan fingerprint density at radius 2 is 2.04 bits per heavy atom. The number of rotatable bonds is 2. The molecule has 1 atom stereocenters. The number of likely N-dealkylation sites (tertiary alicyclic amines) is 1. The van der Waals surface area contributed by atoms with Crippen molar-refractivity contribution >= 4 is 34.9 Å². The van der Waals surface area contributed by atoms with Gasteiger partial charge in [-0.3, -0.25) is 0 Å². The van der Waals surface area contributed by atoms with Gasteiger partial charge in [-0.25, -0.2) is 4.79 Å². The van der Waals surface area contributed by atoms with Crippen molar-refractivity contribution in [1.29, 1.82) is 0 Å². The SMILES string of the molecule is CON=C1CCN(C(=O)NC(C)C#Cc2ccc(Cl)c(Cl)c2)CC1. The van der Waals surface area contributed by atoms with Crippen LogP contribution in [0.25, 0.3) is 0 Å². The van der Waals surface area contributed by atoms with Crippen LogP contribution >= 0.6 is 23.2 Å². The van der Waals surface area contributed by atoms with Gasteiger partial charge in [0.2, 0.25) is 0 Å². The largest absolute Gasteiger partial charge is 0.399 e. The molecule has 0 aliphatic carbocycles. The molecule has 1 fully saturated rings. The molecule has 0 spiro atoms. The molecule has 24 heavy (non-hydrogen) atoms. The van der Waals surface area contributed by atoms with Gasteiger partial charge in [0.15, 0.2) is 0 Å². The fraction of sp³-hybridized carbons (Fsp3) is 0.412. The maximum Gasteiger partial charge on any atom is 0.318 e. The summed E-state index contributed by atoms with van der Waals surface area (Å²) >= 11 is 11.8. The first kappa shape index (κ1) is 18.4. The second kappa shape index (κ2) is 8.81. The highest BCUT2D eigenvalue weighted by Crippen LogP contribution is 2.22. The minimum Gasteiger partial charge on any atom is -0.399 e. The van der Waals surface area contributed by atoms with Gasteiger partial charge in [0, 0.05) is 31.5 Å². The quantitative estimate of drug-likeness (QED) is 0.641. The summed E-state index contributed by atoms with van der Waals surface area (Å²) in [6, 6.07) is 4.79. The van der Waals surface area contributed by atoms with Gasteiger partial charge in [-0.05, 0) is 25.1 Å². The van der Waals surface area contributed by atoms with Crippen LogP contribution in [0.5, 0.6) is 0 Å². The van der Waals surface area contributed by atoms with Crippen LogP contribution in [0.2, 0.25) is 10.0 Å². The lowest BCUT2D eigenvalue weighted by atomic mass is 10.1. The van der Waals surface area contributed by atoms with Gasteiger partial charge in [0.05, 0.1) is 21.8 Å². The number of oxime groups is 1. The Kier molecular flexibility index (Phi) is 6.77. The van der Waals surface area contributed by atoms with Crippen molar-refractivity contribution in [3.05, 3.63) is 33.8 Å². The zero-order chi connectivity index (χ0) is 17.5. The fourth-order valence-corrected chi connectivity index (χ4v) is 2.56. The third kappa shape index (κ3) is 5.33. The zero-order valence-electron chi connectivity index (χ0n) is 13.6. The van der Waals surface area contributed by atoms with E-state index in [1.54, 1.807) is 23.1 Å². The van der Waals surface area contributed by atoms with E-state index in [4.69, 9.17) is 28.0 Å². The Morgan fingerprint density at radius 3 is 2.67 bits per heavy atom. The van der Waals surface area contributed by atoms with Crippen LogP contribution in [-0.4, -0.2) is 42.9 Å². The second-order valence-corrected chi connectivity index (χ2v) is 6.21. The number of hydrogen-bond acceptors (Lipinski definition) is 3. The summed E-state index contributed by atoms with van der Waals surface area (Å²) < 4.78 is 0. The number of nitrogens with zero attached hydrogens (tertiary/aromatic N) is 2. The summed E-state index contributed by atoms with van der Waals surface area (Å²) in [5.74, 6) is 5.97. The first-order valence-electron chi connectivity index (χ1n) is 7.60. The molecule has 1 aliphatic heterocycles. The zero-order valence-corrected chi connectivity index (χ0v) is 15.1. The average molecular weight is 368 g/mol. The molecule has 0 aromatic heterocycles. The lowest BCUT2D eigenvalue weighted by Crippen LogP contribution is -2.47. The molecule has 1 aliphatic rings. The Hall–Kier alpha value is -1.90. The maximum absolute atomic E-state index is 12.2. The number of nitrogens with one attached hydrogen (secondary N) is 1. The summed E-state index contributed by atoms with van der Waals surface area (Å²) in [5, 5.41) is 7.76. The van der Waals surface area contributed by atoms with E-state index in [0.717, 1.165) is 24.1 Å². The highest BCUT2D eigenvalue weighted by Gasteiger charge is 2.20. The van der Waals surface area contributed by atoms with Gasteiger partial charge < -0.3 is 15.1 Å². The molecular weight excluding hydrogens is 349 g/mol. The molecule has 1 unspecified atom stereocenters. The molecule has 0 saturated carbocycles. The molecule has 0 bridgehead atoms. The van der Waals surface area contributed by atoms with E-state index >= 15 is 0 Å². The Labute approximate surface area is 151 Å². The highest BCUT2D eigenvalue weighted by atomic mass is 35.5. The number of benzene rings is 1. The number of carbonyl (C=O) groups is 1. The summed E-state index contributed by atoms with van der Waals surface area (Å²) in [6.07, 6.45) is 1.45. The molecule has 7 heteroatoms. The second-order valence-electron chi connectivity index (χ2n) is 5.40. The summed E-state index contributed by atoms with van der Waals surface area (Å²) in [5.41, 5.74) is 1.73. The van der Waals surface area contributed by atoms with Crippen molar-refractivity contribution in [2.45, 2.75) is 25.8 Å². The number of carbonyl (C=O) groups excluding carboxylic acids is 1. The van der Waals surface area contributed by atoms with Crippen molar-refractivity contribution in [2.24, 2.45) is 5.16 Å². The smallest absolute Gasteiger partial charge is 0.318 e. The first-order chi connectivity index (χ1) is 11.5. The number of piperidine rings is 1. The van der Waals surface area contributed by atoms with E-state index in [2.05, 4.69) is 22.3 Å². The standard InChI is InChI=1S/C17H19Cl2N3O2/c1-12(3-4-13-5-6-15(18)16(19)11-13)20-17(23)22-9-7-14(8-10-22)21-24-2/h5-6,11-12H,7-10H2,1-2H3,(H,20,23). The molecule has 1 aromatic carbocycles. The summed E-state index contributed by atoms with van der Waals surface area (Å²) in [7, 11) is 1.53. The Morgan fingerprint density at radius 1 is 1.33 bits per heavy atom. The van der Waals surface area contributed by atoms with Crippen molar-refractivity contribution < 1.29 is 9.63 Å². The van der Waals surface area contributed by atoms with E-state index in [-0.39, 0.29) is 12.1 Å². The molecule has 1 heterocycles. The molecule has 2 rings (SSSR count). The highest BCUT2D eigenvalue weighted by molar-refractivity contribution is 6.42. The molecule has 1 N–H and O–H groups in total. The topological polar surface area (TPSA) is 53.9 Å². The number of urea groups is 1. The van der Waals surface area contributed by atoms with E-state index in [1.165, 1.54) is 7.11 Å². The van der Waals surface area contributed by atoms with Crippen molar-refractivity contribution in [2.75, 3.05) is 20.2 Å². The maximum atomic E-state index is 12.2. The van der Waals surface area contributed by atoms with Gasteiger partial charge in [0.25, 0.3) is 0 Å². The number of halogens is 2. The lowest BCUT2D eigenvalue weighted by molar-refractivity contribution is 0.191. The van der Waals surface area contributed by atoms with Crippen LogP contribution in [0.15, 0.2) is 23.4 Å².